The van der Waals surface area contributed by atoms with Gasteiger partial charge in [0.15, 0.2) is 11.5 Å². The van der Waals surface area contributed by atoms with Crippen molar-refractivity contribution in [3.05, 3.63) is 94.5 Å². The quantitative estimate of drug-likeness (QED) is 0.292. The van der Waals surface area contributed by atoms with Crippen molar-refractivity contribution in [3.63, 3.8) is 0 Å². The molecule has 2 N–H and O–H groups in total. The first-order chi connectivity index (χ1) is 16.1. The molecule has 0 aliphatic heterocycles. The van der Waals surface area contributed by atoms with E-state index in [1.807, 2.05) is 13.8 Å². The van der Waals surface area contributed by atoms with E-state index in [0.29, 0.717) is 11.1 Å². The van der Waals surface area contributed by atoms with Gasteiger partial charge in [0.1, 0.15) is 6.10 Å². The molecule has 0 saturated heterocycles. The first-order valence-electron chi connectivity index (χ1n) is 10.4. The third-order valence-electron chi connectivity index (χ3n) is 4.82. The van der Waals surface area contributed by atoms with Gasteiger partial charge in [0.25, 0.3) is 10.1 Å². The van der Waals surface area contributed by atoms with Crippen LogP contribution >= 0.6 is 0 Å². The van der Waals surface area contributed by atoms with E-state index < -0.39 is 28.2 Å². The van der Waals surface area contributed by atoms with Crippen molar-refractivity contribution in [1.82, 2.24) is 0 Å². The number of ether oxygens (including phenoxy) is 2. The minimum Gasteiger partial charge on any atom is -0.419 e. The minimum absolute atomic E-state index is 0.0232. The van der Waals surface area contributed by atoms with Crippen LogP contribution in [-0.4, -0.2) is 33.2 Å². The second-order valence-corrected chi connectivity index (χ2v) is 9.34. The molecule has 0 spiro atoms. The van der Waals surface area contributed by atoms with Crippen LogP contribution in [0.1, 0.15) is 43.5 Å². The van der Waals surface area contributed by atoms with Gasteiger partial charge in [-0.3, -0.25) is 4.18 Å². The zero-order valence-electron chi connectivity index (χ0n) is 19.0. The first kappa shape index (κ1) is 25.1. The van der Waals surface area contributed by atoms with E-state index in [4.69, 9.17) is 19.4 Å². The Morgan fingerprint density at radius 1 is 0.794 bits per heavy atom. The number of benzene rings is 3. The van der Waals surface area contributed by atoms with Crippen LogP contribution in [-0.2, 0) is 14.3 Å². The summed E-state index contributed by atoms with van der Waals surface area (Å²) >= 11 is 0. The number of esters is 2. The molecule has 3 aromatic carbocycles. The normalized spacial score (nSPS) is 12.1. The van der Waals surface area contributed by atoms with Crippen molar-refractivity contribution in [2.24, 2.45) is 5.73 Å². The van der Waals surface area contributed by atoms with Gasteiger partial charge >= 0.3 is 11.9 Å². The number of rotatable bonds is 8. The van der Waals surface area contributed by atoms with Crippen LogP contribution in [0.15, 0.2) is 66.7 Å². The zero-order valence-corrected chi connectivity index (χ0v) is 19.8. The fraction of sp³-hybridized carbons (Fsp3) is 0.200. The Labute approximate surface area is 198 Å². The van der Waals surface area contributed by atoms with Crippen LogP contribution in [0.4, 0.5) is 0 Å². The number of carbonyl (C=O) groups is 2. The smallest absolute Gasteiger partial charge is 0.343 e. The number of carbonyl (C=O) groups excluding carboxylic acids is 2. The highest BCUT2D eigenvalue weighted by atomic mass is 32.2. The summed E-state index contributed by atoms with van der Waals surface area (Å²) in [6.45, 7) is 3.62. The maximum Gasteiger partial charge on any atom is 0.343 e. The Hall–Kier alpha value is -3.53. The molecule has 0 aliphatic carbocycles. The molecule has 34 heavy (non-hydrogen) atoms. The summed E-state index contributed by atoms with van der Waals surface area (Å²) in [5.74, 6) is -1.44. The lowest BCUT2D eigenvalue weighted by molar-refractivity contribution is 0.0682. The van der Waals surface area contributed by atoms with Gasteiger partial charge in [-0.25, -0.2) is 9.59 Å². The largest absolute Gasteiger partial charge is 0.419 e. The summed E-state index contributed by atoms with van der Waals surface area (Å²) in [7, 11) is -3.81. The summed E-state index contributed by atoms with van der Waals surface area (Å²) in [5.41, 5.74) is 8.57. The molecular weight excluding hydrogens is 458 g/mol. The topological polar surface area (TPSA) is 122 Å². The fourth-order valence-electron chi connectivity index (χ4n) is 3.03. The van der Waals surface area contributed by atoms with Gasteiger partial charge in [0.2, 0.25) is 0 Å². The summed E-state index contributed by atoms with van der Waals surface area (Å²) in [6, 6.07) is 17.8. The molecule has 9 heteroatoms. The third kappa shape index (κ3) is 6.74. The van der Waals surface area contributed by atoms with Crippen LogP contribution in [0.5, 0.6) is 11.5 Å². The molecule has 1 unspecified atom stereocenters. The van der Waals surface area contributed by atoms with Crippen LogP contribution in [0, 0.1) is 13.8 Å². The molecule has 0 radical (unpaired) electrons. The van der Waals surface area contributed by atoms with Crippen molar-refractivity contribution < 1.29 is 31.7 Å². The van der Waals surface area contributed by atoms with Crippen LogP contribution in [0.2, 0.25) is 0 Å². The molecule has 8 nitrogen and oxygen atoms in total. The van der Waals surface area contributed by atoms with E-state index in [1.54, 1.807) is 48.5 Å². The molecule has 3 rings (SSSR count). The maximum absolute atomic E-state index is 12.7. The molecule has 0 heterocycles. The molecule has 0 bridgehead atoms. The molecule has 0 aromatic heterocycles. The van der Waals surface area contributed by atoms with E-state index in [9.17, 15) is 18.0 Å². The highest BCUT2D eigenvalue weighted by Gasteiger charge is 2.22. The van der Waals surface area contributed by atoms with Crippen molar-refractivity contribution in [1.29, 1.82) is 0 Å². The van der Waals surface area contributed by atoms with Gasteiger partial charge in [-0.2, -0.15) is 8.42 Å². The van der Waals surface area contributed by atoms with Gasteiger partial charge in [-0.15, -0.1) is 0 Å². The second kappa shape index (κ2) is 10.6. The number of nitrogens with two attached hydrogens (primary N) is 1. The average molecular weight is 484 g/mol. The molecule has 0 fully saturated rings. The van der Waals surface area contributed by atoms with Gasteiger partial charge in [0.05, 0.1) is 17.4 Å². The standard InChI is InChI=1S/C25H25NO7S/c1-16-4-8-18(9-5-16)24(27)31-21-13-12-20(23(15-26)33-34(3,29)30)14-22(21)32-25(28)19-10-6-17(2)7-11-19/h4-14,23H,15,26H2,1-3H3. The zero-order chi connectivity index (χ0) is 24.9. The van der Waals surface area contributed by atoms with Gasteiger partial charge < -0.3 is 15.2 Å². The van der Waals surface area contributed by atoms with Gasteiger partial charge in [-0.05, 0) is 55.8 Å². The SMILES string of the molecule is Cc1ccc(C(=O)Oc2ccc(C(CN)OS(C)(=O)=O)cc2OC(=O)c2ccc(C)cc2)cc1. The number of hydrogen-bond acceptors (Lipinski definition) is 8. The van der Waals surface area contributed by atoms with E-state index >= 15 is 0 Å². The molecule has 3 aromatic rings. The van der Waals surface area contributed by atoms with E-state index in [1.165, 1.54) is 18.2 Å². The molecule has 178 valence electrons. The summed E-state index contributed by atoms with van der Waals surface area (Å²) in [6.07, 6.45) is -0.111. The number of aryl methyl sites for hydroxylation is 2. The Morgan fingerprint density at radius 3 is 1.71 bits per heavy atom. The monoisotopic (exact) mass is 483 g/mol. The molecular formula is C25H25NO7S. The van der Waals surface area contributed by atoms with Gasteiger partial charge in [0, 0.05) is 6.54 Å². The predicted octanol–water partition coefficient (Wildman–Crippen LogP) is 3.72. The average Bonchev–Trinajstić information content (AvgIpc) is 2.78. The summed E-state index contributed by atoms with van der Waals surface area (Å²) in [5, 5.41) is 0. The molecule has 0 aliphatic rings. The molecule has 0 amide bonds. The lowest BCUT2D eigenvalue weighted by Gasteiger charge is -2.17. The summed E-state index contributed by atoms with van der Waals surface area (Å²) < 4.78 is 39.3. The van der Waals surface area contributed by atoms with Crippen LogP contribution in [0.25, 0.3) is 0 Å². The molecule has 1 atom stereocenters. The fourth-order valence-corrected chi connectivity index (χ4v) is 3.64. The van der Waals surface area contributed by atoms with Crippen molar-refractivity contribution >= 4 is 22.1 Å². The van der Waals surface area contributed by atoms with Crippen molar-refractivity contribution in [3.8, 4) is 11.5 Å². The van der Waals surface area contributed by atoms with E-state index in [2.05, 4.69) is 0 Å². The van der Waals surface area contributed by atoms with Crippen molar-refractivity contribution in [2.75, 3.05) is 12.8 Å². The Balaban J connectivity index is 1.96. The lowest BCUT2D eigenvalue weighted by atomic mass is 10.1. The van der Waals surface area contributed by atoms with Crippen molar-refractivity contribution in [2.45, 2.75) is 20.0 Å². The van der Waals surface area contributed by atoms with E-state index in [0.717, 1.165) is 17.4 Å². The Morgan fingerprint density at radius 2 is 1.26 bits per heavy atom. The Kier molecular flexibility index (Phi) is 7.83. The highest BCUT2D eigenvalue weighted by Crippen LogP contribution is 2.33. The highest BCUT2D eigenvalue weighted by molar-refractivity contribution is 7.86. The van der Waals surface area contributed by atoms with Crippen LogP contribution < -0.4 is 15.2 Å². The van der Waals surface area contributed by atoms with Gasteiger partial charge in [-0.1, -0.05) is 41.5 Å². The van der Waals surface area contributed by atoms with E-state index in [-0.39, 0.29) is 23.6 Å². The number of hydrogen-bond donors (Lipinski definition) is 1. The third-order valence-corrected chi connectivity index (χ3v) is 5.41. The first-order valence-corrected chi connectivity index (χ1v) is 12.2. The summed E-state index contributed by atoms with van der Waals surface area (Å²) in [4.78, 5) is 25.4. The minimum atomic E-state index is -3.81. The maximum atomic E-state index is 12.7. The lowest BCUT2D eigenvalue weighted by Crippen LogP contribution is -2.19. The molecule has 0 saturated carbocycles. The van der Waals surface area contributed by atoms with Crippen LogP contribution in [0.3, 0.4) is 0 Å². The Bertz CT molecular complexity index is 1280. The predicted molar refractivity (Wildman–Crippen MR) is 126 cm³/mol. The second-order valence-electron chi connectivity index (χ2n) is 7.74.